The average molecular weight is 452 g/mol. The molecule has 0 aliphatic carbocycles. The lowest BCUT2D eigenvalue weighted by atomic mass is 9.97. The molecule has 0 aromatic heterocycles. The van der Waals surface area contributed by atoms with Gasteiger partial charge >= 0.3 is 12.4 Å². The van der Waals surface area contributed by atoms with E-state index in [0.29, 0.717) is 25.2 Å². The Morgan fingerprint density at radius 3 is 2.04 bits per heavy atom. The lowest BCUT2D eigenvalue weighted by Gasteiger charge is -2.36. The number of hydrogen-bond acceptors (Lipinski definition) is 2. The van der Waals surface area contributed by atoms with E-state index in [4.69, 9.17) is 11.6 Å². The van der Waals surface area contributed by atoms with E-state index in [9.17, 15) is 30.7 Å². The molecule has 0 spiro atoms. The van der Waals surface area contributed by atoms with Crippen molar-refractivity contribution in [1.82, 2.24) is 10.2 Å². The minimum Gasteiger partial charge on any atom is -0.314 e. The van der Waals surface area contributed by atoms with Gasteiger partial charge in [0.05, 0.1) is 17.0 Å². The van der Waals surface area contributed by atoms with Crippen LogP contribution in [0.3, 0.4) is 0 Å². The first-order valence-electron chi connectivity index (χ1n) is 7.06. The Kier molecular flexibility index (Phi) is 9.46. The van der Waals surface area contributed by atoms with Crippen LogP contribution >= 0.6 is 36.4 Å². The van der Waals surface area contributed by atoms with Crippen LogP contribution in [-0.4, -0.2) is 37.3 Å². The van der Waals surface area contributed by atoms with Gasteiger partial charge in [0, 0.05) is 37.8 Å². The van der Waals surface area contributed by atoms with Crippen LogP contribution in [0.15, 0.2) is 12.1 Å². The molecule has 1 fully saturated rings. The summed E-state index contributed by atoms with van der Waals surface area (Å²) < 4.78 is 91.6. The summed E-state index contributed by atoms with van der Waals surface area (Å²) in [6.45, 7) is 1.05. The molecule has 1 atom stereocenters. The Labute approximate surface area is 162 Å². The minimum absolute atomic E-state index is 0. The van der Waals surface area contributed by atoms with Gasteiger partial charge in [-0.2, -0.15) is 26.3 Å². The second-order valence-electron chi connectivity index (χ2n) is 5.48. The van der Waals surface area contributed by atoms with Crippen LogP contribution in [0.25, 0.3) is 0 Å². The summed E-state index contributed by atoms with van der Waals surface area (Å²) in [5.74, 6) is -1.25. The molecule has 1 aliphatic heterocycles. The Morgan fingerprint density at radius 2 is 1.58 bits per heavy atom. The predicted octanol–water partition coefficient (Wildman–Crippen LogP) is 5.24. The highest BCUT2D eigenvalue weighted by atomic mass is 35.5. The van der Waals surface area contributed by atoms with Gasteiger partial charge in [0.1, 0.15) is 5.82 Å². The van der Waals surface area contributed by atoms with E-state index < -0.39 is 46.8 Å². The fraction of sp³-hybridized carbons (Fsp3) is 0.571. The highest BCUT2D eigenvalue weighted by Crippen LogP contribution is 2.40. The van der Waals surface area contributed by atoms with Crippen molar-refractivity contribution in [3.63, 3.8) is 0 Å². The third-order valence-corrected chi connectivity index (χ3v) is 4.03. The zero-order valence-corrected chi connectivity index (χ0v) is 15.4. The number of halogens is 10. The lowest BCUT2D eigenvalue weighted by Crippen LogP contribution is -2.46. The van der Waals surface area contributed by atoms with Crippen molar-refractivity contribution < 1.29 is 30.7 Å². The Hall–Kier alpha value is -0.480. The number of piperazine rings is 1. The third-order valence-electron chi connectivity index (χ3n) is 3.76. The van der Waals surface area contributed by atoms with E-state index in [1.165, 1.54) is 4.90 Å². The van der Waals surface area contributed by atoms with Crippen LogP contribution in [0, 0.1) is 5.82 Å². The maximum atomic E-state index is 14.2. The first-order chi connectivity index (χ1) is 11.0. The van der Waals surface area contributed by atoms with Crippen molar-refractivity contribution in [3.05, 3.63) is 34.1 Å². The first kappa shape index (κ1) is 25.5. The molecule has 152 valence electrons. The molecule has 1 aromatic rings. The van der Waals surface area contributed by atoms with Gasteiger partial charge in [-0.25, -0.2) is 4.39 Å². The van der Waals surface area contributed by atoms with Gasteiger partial charge in [0.15, 0.2) is 0 Å². The maximum absolute atomic E-state index is 14.2. The van der Waals surface area contributed by atoms with Crippen molar-refractivity contribution in [3.8, 4) is 0 Å². The molecule has 1 aromatic carbocycles. The van der Waals surface area contributed by atoms with E-state index in [-0.39, 0.29) is 37.9 Å². The maximum Gasteiger partial charge on any atom is 0.416 e. The molecular formula is C14H16Cl3F7N2. The van der Waals surface area contributed by atoms with Crippen LogP contribution in [0.5, 0.6) is 0 Å². The normalized spacial score (nSPS) is 17.2. The molecular weight excluding hydrogens is 436 g/mol. The van der Waals surface area contributed by atoms with E-state index in [1.54, 1.807) is 0 Å². The zero-order chi connectivity index (χ0) is 18.1. The van der Waals surface area contributed by atoms with Crippen LogP contribution < -0.4 is 5.32 Å². The van der Waals surface area contributed by atoms with Crippen molar-refractivity contribution in [2.45, 2.75) is 24.8 Å². The number of nitrogens with zero attached hydrogens (tertiary/aromatic N) is 1. The molecule has 1 aliphatic rings. The monoisotopic (exact) mass is 450 g/mol. The first-order valence-corrected chi connectivity index (χ1v) is 7.44. The van der Waals surface area contributed by atoms with Crippen molar-refractivity contribution in [2.75, 3.05) is 26.2 Å². The Balaban J connectivity index is 0.00000312. The number of rotatable bonds is 3. The van der Waals surface area contributed by atoms with Crippen molar-refractivity contribution in [1.29, 1.82) is 0 Å². The largest absolute Gasteiger partial charge is 0.416 e. The third kappa shape index (κ3) is 6.60. The van der Waals surface area contributed by atoms with Gasteiger partial charge in [-0.05, 0) is 12.1 Å². The van der Waals surface area contributed by atoms with Gasteiger partial charge in [0.25, 0.3) is 0 Å². The molecule has 1 saturated heterocycles. The zero-order valence-electron chi connectivity index (χ0n) is 13.1. The topological polar surface area (TPSA) is 15.3 Å². The number of nitrogens with one attached hydrogen (secondary N) is 1. The molecule has 0 unspecified atom stereocenters. The lowest BCUT2D eigenvalue weighted by molar-refractivity contribution is -0.149. The quantitative estimate of drug-likeness (QED) is 0.632. The highest BCUT2D eigenvalue weighted by Gasteiger charge is 2.39. The van der Waals surface area contributed by atoms with Crippen molar-refractivity contribution in [2.24, 2.45) is 0 Å². The molecule has 1 N–H and O–H groups in total. The summed E-state index contributed by atoms with van der Waals surface area (Å²) >= 11 is 5.49. The van der Waals surface area contributed by atoms with E-state index in [1.807, 2.05) is 0 Å². The smallest absolute Gasteiger partial charge is 0.314 e. The molecule has 1 heterocycles. The second kappa shape index (κ2) is 9.64. The van der Waals surface area contributed by atoms with E-state index in [0.717, 1.165) is 0 Å². The molecule has 12 heteroatoms. The van der Waals surface area contributed by atoms with Gasteiger partial charge in [-0.1, -0.05) is 11.6 Å². The summed E-state index contributed by atoms with van der Waals surface area (Å²) in [5, 5.41) is 2.08. The van der Waals surface area contributed by atoms with E-state index >= 15 is 0 Å². The molecule has 0 saturated carbocycles. The summed E-state index contributed by atoms with van der Waals surface area (Å²) in [6, 6.07) is -0.769. The Morgan fingerprint density at radius 1 is 1.04 bits per heavy atom. The molecule has 2 rings (SSSR count). The average Bonchev–Trinajstić information content (AvgIpc) is 2.46. The summed E-state index contributed by atoms with van der Waals surface area (Å²) in [4.78, 5) is 1.32. The van der Waals surface area contributed by atoms with Crippen LogP contribution in [0.2, 0.25) is 5.02 Å². The molecule has 0 amide bonds. The fourth-order valence-corrected chi connectivity index (χ4v) is 2.89. The van der Waals surface area contributed by atoms with Crippen LogP contribution in [0.4, 0.5) is 30.7 Å². The van der Waals surface area contributed by atoms with Gasteiger partial charge in [0.2, 0.25) is 0 Å². The number of alkyl halides is 6. The SMILES string of the molecule is Cl.Cl.Fc1c(Cl)cc(C(F)(F)F)cc1[C@H](CC(F)(F)F)N1CCNCC1. The summed E-state index contributed by atoms with van der Waals surface area (Å²) in [6.07, 6.45) is -11.0. The standard InChI is InChI=1S/C14H14ClF7N2.2ClH/c15-10-6-8(14(20,21)22)5-9(12(10)16)11(7-13(17,18)19)24-3-1-23-2-4-24;;/h5-6,11,23H,1-4,7H2;2*1H/t11-;;/m0../s1. The minimum atomic E-state index is -4.83. The summed E-state index contributed by atoms with van der Waals surface area (Å²) in [7, 11) is 0. The van der Waals surface area contributed by atoms with Gasteiger partial charge in [-0.3, -0.25) is 4.90 Å². The molecule has 0 radical (unpaired) electrons. The Bertz CT molecular complexity index is 587. The second-order valence-corrected chi connectivity index (χ2v) is 5.89. The predicted molar refractivity (Wildman–Crippen MR) is 88.8 cm³/mol. The van der Waals surface area contributed by atoms with Crippen LogP contribution in [0.1, 0.15) is 23.6 Å². The summed E-state index contributed by atoms with van der Waals surface area (Å²) in [5.41, 5.74) is -1.96. The molecule has 26 heavy (non-hydrogen) atoms. The van der Waals surface area contributed by atoms with Gasteiger partial charge in [-0.15, -0.1) is 24.8 Å². The van der Waals surface area contributed by atoms with Crippen LogP contribution in [-0.2, 0) is 6.18 Å². The van der Waals surface area contributed by atoms with Crippen molar-refractivity contribution >= 4 is 36.4 Å². The highest BCUT2D eigenvalue weighted by molar-refractivity contribution is 6.30. The molecule has 2 nitrogen and oxygen atoms in total. The van der Waals surface area contributed by atoms with Gasteiger partial charge < -0.3 is 5.32 Å². The molecule has 0 bridgehead atoms. The van der Waals surface area contributed by atoms with E-state index in [2.05, 4.69) is 5.32 Å². The number of benzene rings is 1. The number of hydrogen-bond donors (Lipinski definition) is 1. The fourth-order valence-electron chi connectivity index (χ4n) is 2.67.